The van der Waals surface area contributed by atoms with E-state index in [0.717, 1.165) is 18.8 Å². The van der Waals surface area contributed by atoms with Gasteiger partial charge in [-0.2, -0.15) is 0 Å². The van der Waals surface area contributed by atoms with Gasteiger partial charge in [0.25, 0.3) is 0 Å². The summed E-state index contributed by atoms with van der Waals surface area (Å²) in [5, 5.41) is 0. The first kappa shape index (κ1) is 24.1. The van der Waals surface area contributed by atoms with Crippen molar-refractivity contribution in [3.63, 3.8) is 0 Å². The molecule has 0 aliphatic heterocycles. The van der Waals surface area contributed by atoms with Crippen molar-refractivity contribution >= 4 is 11.7 Å². The number of amides is 1. The highest BCUT2D eigenvalue weighted by Crippen LogP contribution is 2.15. The van der Waals surface area contributed by atoms with Crippen molar-refractivity contribution in [2.75, 3.05) is 0 Å². The van der Waals surface area contributed by atoms with Crippen LogP contribution in [-0.2, 0) is 9.59 Å². The van der Waals surface area contributed by atoms with Gasteiger partial charge in [0.2, 0.25) is 5.91 Å². The fourth-order valence-electron chi connectivity index (χ4n) is 3.38. The largest absolute Gasteiger partial charge is 0.369 e. The smallest absolute Gasteiger partial charge is 0.227 e. The van der Waals surface area contributed by atoms with Crippen LogP contribution in [-0.4, -0.2) is 11.7 Å². The normalized spacial score (nSPS) is 12.5. The van der Waals surface area contributed by atoms with Crippen LogP contribution in [0.3, 0.4) is 0 Å². The zero-order chi connectivity index (χ0) is 18.9. The zero-order valence-corrected chi connectivity index (χ0v) is 17.2. The minimum absolute atomic E-state index is 0.0309. The van der Waals surface area contributed by atoms with E-state index in [9.17, 15) is 9.59 Å². The summed E-state index contributed by atoms with van der Waals surface area (Å²) in [5.74, 6) is -0.143. The molecule has 0 heterocycles. The number of carbonyl (C=O) groups excluding carboxylic acids is 2. The molecule has 0 aromatic heterocycles. The standard InChI is InChI=1S/C22H43NO2/c1-4-20(22(23)25)21(24)18-16-14-12-10-8-6-5-7-9-11-13-15-17-19(2)3/h19-20H,4-18H2,1-3H3,(H2,23,25). The summed E-state index contributed by atoms with van der Waals surface area (Å²) in [7, 11) is 0. The second kappa shape index (κ2) is 16.6. The van der Waals surface area contributed by atoms with Gasteiger partial charge in [0.1, 0.15) is 5.78 Å². The Kier molecular flexibility index (Phi) is 16.0. The van der Waals surface area contributed by atoms with Gasteiger partial charge in [0.15, 0.2) is 0 Å². The maximum Gasteiger partial charge on any atom is 0.227 e. The number of primary amides is 1. The van der Waals surface area contributed by atoms with E-state index in [-0.39, 0.29) is 5.78 Å². The summed E-state index contributed by atoms with van der Waals surface area (Å²) >= 11 is 0. The predicted octanol–water partition coefficient (Wildman–Crippen LogP) is 6.18. The van der Waals surface area contributed by atoms with E-state index >= 15 is 0 Å². The van der Waals surface area contributed by atoms with Gasteiger partial charge in [-0.3, -0.25) is 9.59 Å². The Bertz CT molecular complexity index is 339. The van der Waals surface area contributed by atoms with Crippen LogP contribution in [0.5, 0.6) is 0 Å². The Morgan fingerprint density at radius 3 is 1.48 bits per heavy atom. The summed E-state index contributed by atoms with van der Waals surface area (Å²) in [4.78, 5) is 23.0. The lowest BCUT2D eigenvalue weighted by atomic mass is 9.95. The lowest BCUT2D eigenvalue weighted by Gasteiger charge is -2.09. The second-order valence-electron chi connectivity index (χ2n) is 8.00. The van der Waals surface area contributed by atoms with Crippen LogP contribution in [0.2, 0.25) is 0 Å². The Morgan fingerprint density at radius 2 is 1.12 bits per heavy atom. The predicted molar refractivity (Wildman–Crippen MR) is 107 cm³/mol. The van der Waals surface area contributed by atoms with Crippen LogP contribution < -0.4 is 5.73 Å². The average Bonchev–Trinajstić information content (AvgIpc) is 2.55. The zero-order valence-electron chi connectivity index (χ0n) is 17.2. The van der Waals surface area contributed by atoms with Gasteiger partial charge in [0, 0.05) is 6.42 Å². The molecule has 25 heavy (non-hydrogen) atoms. The number of nitrogens with two attached hydrogens (primary N) is 1. The molecule has 0 bridgehead atoms. The molecule has 0 aliphatic rings. The average molecular weight is 354 g/mol. The number of hydrogen-bond donors (Lipinski definition) is 1. The van der Waals surface area contributed by atoms with Crippen LogP contribution in [0.1, 0.15) is 117 Å². The molecular formula is C22H43NO2. The van der Waals surface area contributed by atoms with Gasteiger partial charge in [0.05, 0.1) is 5.92 Å². The van der Waals surface area contributed by atoms with Crippen molar-refractivity contribution < 1.29 is 9.59 Å². The van der Waals surface area contributed by atoms with Gasteiger partial charge in [-0.05, 0) is 18.8 Å². The summed E-state index contributed by atoms with van der Waals surface area (Å²) in [5.41, 5.74) is 5.24. The highest BCUT2D eigenvalue weighted by atomic mass is 16.2. The number of unbranched alkanes of at least 4 members (excludes halogenated alkanes) is 11. The van der Waals surface area contributed by atoms with Crippen LogP contribution >= 0.6 is 0 Å². The van der Waals surface area contributed by atoms with Crippen molar-refractivity contribution in [1.29, 1.82) is 0 Å². The van der Waals surface area contributed by atoms with Gasteiger partial charge >= 0.3 is 0 Å². The van der Waals surface area contributed by atoms with Crippen LogP contribution in [0.15, 0.2) is 0 Å². The molecular weight excluding hydrogens is 310 g/mol. The molecule has 0 aliphatic carbocycles. The van der Waals surface area contributed by atoms with E-state index in [4.69, 9.17) is 5.73 Å². The van der Waals surface area contributed by atoms with Crippen LogP contribution in [0.25, 0.3) is 0 Å². The fraction of sp³-hybridized carbons (Fsp3) is 0.909. The van der Waals surface area contributed by atoms with Gasteiger partial charge in [-0.15, -0.1) is 0 Å². The number of rotatable bonds is 18. The van der Waals surface area contributed by atoms with Crippen molar-refractivity contribution in [2.45, 2.75) is 117 Å². The molecule has 0 spiro atoms. The quantitative estimate of drug-likeness (QED) is 0.236. The first-order chi connectivity index (χ1) is 12.0. The van der Waals surface area contributed by atoms with Gasteiger partial charge < -0.3 is 5.73 Å². The van der Waals surface area contributed by atoms with Crippen molar-refractivity contribution in [1.82, 2.24) is 0 Å². The minimum Gasteiger partial charge on any atom is -0.369 e. The molecule has 148 valence electrons. The van der Waals surface area contributed by atoms with E-state index in [0.29, 0.717) is 12.8 Å². The van der Waals surface area contributed by atoms with Gasteiger partial charge in [-0.25, -0.2) is 0 Å². The third-order valence-corrected chi connectivity index (χ3v) is 5.10. The lowest BCUT2D eigenvalue weighted by Crippen LogP contribution is -2.29. The van der Waals surface area contributed by atoms with Crippen molar-refractivity contribution in [2.24, 2.45) is 17.6 Å². The highest BCUT2D eigenvalue weighted by molar-refractivity contribution is 6.00. The van der Waals surface area contributed by atoms with Gasteiger partial charge in [-0.1, -0.05) is 97.8 Å². The number of ketones is 1. The molecule has 0 saturated heterocycles. The summed E-state index contributed by atoms with van der Waals surface area (Å²) in [6.45, 7) is 6.46. The van der Waals surface area contributed by atoms with Crippen molar-refractivity contribution in [3.8, 4) is 0 Å². The molecule has 0 aromatic carbocycles. The Morgan fingerprint density at radius 1 is 0.720 bits per heavy atom. The SMILES string of the molecule is CCC(C(N)=O)C(=O)CCCCCCCCCCCCCCC(C)C. The lowest BCUT2D eigenvalue weighted by molar-refractivity contribution is -0.132. The Balaban J connectivity index is 3.29. The van der Waals surface area contributed by atoms with E-state index in [2.05, 4.69) is 13.8 Å². The molecule has 3 nitrogen and oxygen atoms in total. The molecule has 1 amide bonds. The molecule has 0 aromatic rings. The van der Waals surface area contributed by atoms with Crippen molar-refractivity contribution in [3.05, 3.63) is 0 Å². The van der Waals surface area contributed by atoms with E-state index in [1.54, 1.807) is 0 Å². The summed E-state index contributed by atoms with van der Waals surface area (Å²) in [6, 6.07) is 0. The van der Waals surface area contributed by atoms with Crippen LogP contribution in [0.4, 0.5) is 0 Å². The van der Waals surface area contributed by atoms with Crippen LogP contribution in [0, 0.1) is 11.8 Å². The third-order valence-electron chi connectivity index (χ3n) is 5.10. The fourth-order valence-corrected chi connectivity index (χ4v) is 3.38. The molecule has 3 heteroatoms. The molecule has 2 N–H and O–H groups in total. The number of hydrogen-bond acceptors (Lipinski definition) is 2. The molecule has 0 rings (SSSR count). The molecule has 0 radical (unpaired) electrons. The molecule has 1 atom stereocenters. The highest BCUT2D eigenvalue weighted by Gasteiger charge is 2.20. The van der Waals surface area contributed by atoms with E-state index in [1.165, 1.54) is 70.6 Å². The molecule has 1 unspecified atom stereocenters. The number of carbonyl (C=O) groups is 2. The van der Waals surface area contributed by atoms with E-state index < -0.39 is 11.8 Å². The monoisotopic (exact) mass is 353 g/mol. The van der Waals surface area contributed by atoms with E-state index in [1.807, 2.05) is 6.92 Å². The maximum absolute atomic E-state index is 11.8. The molecule has 0 saturated carbocycles. The Hall–Kier alpha value is -0.860. The second-order valence-corrected chi connectivity index (χ2v) is 8.00. The third kappa shape index (κ3) is 15.1. The number of Topliss-reactive ketones (excluding diaryl/α,β-unsaturated/α-hetero) is 1. The summed E-state index contributed by atoms with van der Waals surface area (Å²) in [6.07, 6.45) is 18.0. The summed E-state index contributed by atoms with van der Waals surface area (Å²) < 4.78 is 0. The first-order valence-electron chi connectivity index (χ1n) is 10.8. The topological polar surface area (TPSA) is 60.2 Å². The molecule has 0 fully saturated rings. The Labute approximate surface area is 156 Å². The first-order valence-corrected chi connectivity index (χ1v) is 10.8. The minimum atomic E-state index is -0.564. The maximum atomic E-state index is 11.8.